The van der Waals surface area contributed by atoms with Crippen molar-refractivity contribution in [2.24, 2.45) is 0 Å². The number of ether oxygens (including phenoxy) is 2. The zero-order valence-corrected chi connectivity index (χ0v) is 15.6. The first kappa shape index (κ1) is 20.8. The molecule has 0 aromatic heterocycles. The highest BCUT2D eigenvalue weighted by atomic mass is 35.5. The van der Waals surface area contributed by atoms with Gasteiger partial charge in [-0.1, -0.05) is 30.7 Å². The zero-order valence-electron chi connectivity index (χ0n) is 14.8. The predicted molar refractivity (Wildman–Crippen MR) is 103 cm³/mol. The van der Waals surface area contributed by atoms with E-state index in [0.717, 1.165) is 29.9 Å². The number of benzene rings is 2. The lowest BCUT2D eigenvalue weighted by atomic mass is 10.2. The summed E-state index contributed by atoms with van der Waals surface area (Å²) in [6, 6.07) is 13.3. The smallest absolute Gasteiger partial charge is 0.262 e. The average molecular weight is 365 g/mol. The summed E-state index contributed by atoms with van der Waals surface area (Å²) >= 11 is 0. The van der Waals surface area contributed by atoms with E-state index in [9.17, 15) is 4.79 Å². The Hall–Kier alpha value is -2.24. The molecule has 136 valence electrons. The summed E-state index contributed by atoms with van der Waals surface area (Å²) in [4.78, 5) is 12.0. The van der Waals surface area contributed by atoms with Crippen molar-refractivity contribution in [2.45, 2.75) is 20.4 Å². The van der Waals surface area contributed by atoms with Crippen LogP contribution in [-0.2, 0) is 11.3 Å². The third-order valence-corrected chi connectivity index (χ3v) is 3.50. The van der Waals surface area contributed by atoms with Crippen molar-refractivity contribution >= 4 is 24.0 Å². The molecule has 0 atom stereocenters. The number of methoxy groups -OCH3 is 1. The van der Waals surface area contributed by atoms with Crippen molar-refractivity contribution in [3.63, 3.8) is 0 Å². The van der Waals surface area contributed by atoms with Gasteiger partial charge in [0.1, 0.15) is 0 Å². The van der Waals surface area contributed by atoms with E-state index in [-0.39, 0.29) is 24.9 Å². The van der Waals surface area contributed by atoms with Crippen molar-refractivity contribution in [1.29, 1.82) is 0 Å². The Morgan fingerprint density at radius 2 is 1.80 bits per heavy atom. The van der Waals surface area contributed by atoms with Crippen LogP contribution in [0.2, 0.25) is 0 Å². The molecule has 0 aliphatic rings. The first-order valence-electron chi connectivity index (χ1n) is 7.99. The van der Waals surface area contributed by atoms with Crippen LogP contribution in [0.4, 0.5) is 5.69 Å². The van der Waals surface area contributed by atoms with E-state index in [1.165, 1.54) is 0 Å². The van der Waals surface area contributed by atoms with E-state index in [4.69, 9.17) is 9.47 Å². The minimum atomic E-state index is -0.211. The topological polar surface area (TPSA) is 59.6 Å². The molecule has 2 N–H and O–H groups in total. The lowest BCUT2D eigenvalue weighted by molar-refractivity contribution is -0.118. The van der Waals surface area contributed by atoms with Gasteiger partial charge in [0.2, 0.25) is 0 Å². The van der Waals surface area contributed by atoms with Crippen LogP contribution in [0.15, 0.2) is 42.5 Å². The zero-order chi connectivity index (χ0) is 17.4. The Bertz CT molecular complexity index is 675. The molecule has 0 bridgehead atoms. The van der Waals surface area contributed by atoms with E-state index in [2.05, 4.69) is 17.6 Å². The number of hydrogen-bond donors (Lipinski definition) is 2. The van der Waals surface area contributed by atoms with Gasteiger partial charge in [-0.25, -0.2) is 0 Å². The van der Waals surface area contributed by atoms with Gasteiger partial charge in [-0.15, -0.1) is 12.4 Å². The maximum Gasteiger partial charge on any atom is 0.262 e. The van der Waals surface area contributed by atoms with Gasteiger partial charge in [-0.05, 0) is 43.3 Å². The summed E-state index contributed by atoms with van der Waals surface area (Å²) in [5.74, 6) is 0.961. The van der Waals surface area contributed by atoms with Crippen molar-refractivity contribution in [3.05, 3.63) is 53.6 Å². The van der Waals surface area contributed by atoms with Crippen LogP contribution in [0.1, 0.15) is 18.1 Å². The Balaban J connectivity index is 0.00000312. The van der Waals surface area contributed by atoms with Gasteiger partial charge in [0.05, 0.1) is 7.11 Å². The number of nitrogens with one attached hydrogen (secondary N) is 2. The van der Waals surface area contributed by atoms with Gasteiger partial charge < -0.3 is 20.1 Å². The van der Waals surface area contributed by atoms with E-state index in [1.54, 1.807) is 7.11 Å². The van der Waals surface area contributed by atoms with Crippen LogP contribution in [0.5, 0.6) is 11.5 Å². The molecular formula is C19H25ClN2O3. The standard InChI is InChI=1S/C19H24N2O3.ClH/c1-4-20-12-15-7-10-17(18(11-15)23-3)24-13-19(22)21-16-8-5-14(2)6-9-16;/h5-11,20H,4,12-13H2,1-3H3,(H,21,22);1H. The molecule has 6 heteroatoms. The average Bonchev–Trinajstić information content (AvgIpc) is 2.60. The van der Waals surface area contributed by atoms with E-state index in [0.29, 0.717) is 11.5 Å². The normalized spacial score (nSPS) is 9.88. The molecule has 0 aliphatic heterocycles. The summed E-state index contributed by atoms with van der Waals surface area (Å²) in [6.07, 6.45) is 0. The molecule has 5 nitrogen and oxygen atoms in total. The number of aryl methyl sites for hydroxylation is 1. The molecule has 0 heterocycles. The molecule has 0 aliphatic carbocycles. The summed E-state index contributed by atoms with van der Waals surface area (Å²) in [5, 5.41) is 6.06. The SMILES string of the molecule is CCNCc1ccc(OCC(=O)Nc2ccc(C)cc2)c(OC)c1.Cl. The minimum Gasteiger partial charge on any atom is -0.493 e. The molecular weight excluding hydrogens is 340 g/mol. The maximum atomic E-state index is 12.0. The summed E-state index contributed by atoms with van der Waals surface area (Å²) in [6.45, 7) is 5.65. The van der Waals surface area contributed by atoms with Gasteiger partial charge in [-0.2, -0.15) is 0 Å². The van der Waals surface area contributed by atoms with E-state index >= 15 is 0 Å². The molecule has 25 heavy (non-hydrogen) atoms. The third-order valence-electron chi connectivity index (χ3n) is 3.50. The molecule has 2 aromatic carbocycles. The van der Waals surface area contributed by atoms with Gasteiger partial charge in [0.15, 0.2) is 18.1 Å². The van der Waals surface area contributed by atoms with Crippen LogP contribution < -0.4 is 20.1 Å². The minimum absolute atomic E-state index is 0. The highest BCUT2D eigenvalue weighted by molar-refractivity contribution is 5.91. The number of rotatable bonds is 8. The second-order valence-electron chi connectivity index (χ2n) is 5.47. The molecule has 0 spiro atoms. The molecule has 0 unspecified atom stereocenters. The fourth-order valence-electron chi connectivity index (χ4n) is 2.19. The summed E-state index contributed by atoms with van der Waals surface area (Å²) in [7, 11) is 1.59. The summed E-state index contributed by atoms with van der Waals surface area (Å²) in [5.41, 5.74) is 3.00. The fraction of sp³-hybridized carbons (Fsp3) is 0.316. The van der Waals surface area contributed by atoms with E-state index in [1.807, 2.05) is 49.4 Å². The maximum absolute atomic E-state index is 12.0. The summed E-state index contributed by atoms with van der Waals surface area (Å²) < 4.78 is 10.9. The number of carbonyl (C=O) groups is 1. The van der Waals surface area contributed by atoms with Gasteiger partial charge in [0, 0.05) is 12.2 Å². The first-order valence-corrected chi connectivity index (χ1v) is 7.99. The number of halogens is 1. The molecule has 2 aromatic rings. The van der Waals surface area contributed by atoms with Gasteiger partial charge >= 0.3 is 0 Å². The molecule has 0 radical (unpaired) electrons. The lowest BCUT2D eigenvalue weighted by Crippen LogP contribution is -2.20. The van der Waals surface area contributed by atoms with Crippen molar-refractivity contribution < 1.29 is 14.3 Å². The van der Waals surface area contributed by atoms with Crippen molar-refractivity contribution in [2.75, 3.05) is 25.6 Å². The third kappa shape index (κ3) is 6.64. The highest BCUT2D eigenvalue weighted by Gasteiger charge is 2.09. The van der Waals surface area contributed by atoms with Crippen LogP contribution in [0.3, 0.4) is 0 Å². The Morgan fingerprint density at radius 3 is 2.44 bits per heavy atom. The number of carbonyl (C=O) groups excluding carboxylic acids is 1. The Morgan fingerprint density at radius 1 is 1.08 bits per heavy atom. The number of hydrogen-bond acceptors (Lipinski definition) is 4. The van der Waals surface area contributed by atoms with Crippen molar-refractivity contribution in [1.82, 2.24) is 5.32 Å². The lowest BCUT2D eigenvalue weighted by Gasteiger charge is -2.12. The Kier molecular flexibility index (Phi) is 8.81. The molecule has 0 fully saturated rings. The van der Waals surface area contributed by atoms with E-state index < -0.39 is 0 Å². The first-order chi connectivity index (χ1) is 11.6. The van der Waals surface area contributed by atoms with Gasteiger partial charge in [-0.3, -0.25) is 4.79 Å². The number of amides is 1. The number of anilines is 1. The highest BCUT2D eigenvalue weighted by Crippen LogP contribution is 2.28. The van der Waals surface area contributed by atoms with Crippen LogP contribution >= 0.6 is 12.4 Å². The van der Waals surface area contributed by atoms with Crippen LogP contribution in [-0.4, -0.2) is 26.2 Å². The van der Waals surface area contributed by atoms with Gasteiger partial charge in [0.25, 0.3) is 5.91 Å². The molecule has 2 rings (SSSR count). The fourth-order valence-corrected chi connectivity index (χ4v) is 2.19. The second-order valence-corrected chi connectivity index (χ2v) is 5.47. The Labute approximate surface area is 155 Å². The second kappa shape index (κ2) is 10.6. The van der Waals surface area contributed by atoms with Crippen LogP contribution in [0.25, 0.3) is 0 Å². The molecule has 0 saturated carbocycles. The monoisotopic (exact) mass is 364 g/mol. The quantitative estimate of drug-likeness (QED) is 0.752. The molecule has 1 amide bonds. The predicted octanol–water partition coefficient (Wildman–Crippen LogP) is 3.55. The van der Waals surface area contributed by atoms with Crippen LogP contribution in [0, 0.1) is 6.92 Å². The molecule has 0 saturated heterocycles. The largest absolute Gasteiger partial charge is 0.493 e. The van der Waals surface area contributed by atoms with Crippen molar-refractivity contribution in [3.8, 4) is 11.5 Å².